The maximum atomic E-state index is 11.7. The number of nitrogens with zero attached hydrogens (tertiary/aromatic N) is 3. The molecule has 1 saturated heterocycles. The molecule has 0 amide bonds. The quantitative estimate of drug-likeness (QED) is 0.521. The van der Waals surface area contributed by atoms with Gasteiger partial charge in [-0.25, -0.2) is 8.42 Å². The summed E-state index contributed by atoms with van der Waals surface area (Å²) < 4.78 is 28.2. The zero-order chi connectivity index (χ0) is 24.0. The zero-order valence-corrected chi connectivity index (χ0v) is 21.0. The topological polar surface area (TPSA) is 79.3 Å². The third-order valence-corrected chi connectivity index (χ3v) is 6.62. The first-order valence-corrected chi connectivity index (χ1v) is 13.0. The first kappa shape index (κ1) is 23.3. The molecule has 174 valence electrons. The Bertz CT molecular complexity index is 1280. The van der Waals surface area contributed by atoms with Crippen LogP contribution in [0.2, 0.25) is 0 Å². The number of rotatable bonds is 5. The van der Waals surface area contributed by atoms with Crippen LogP contribution < -0.4 is 14.9 Å². The van der Waals surface area contributed by atoms with E-state index in [4.69, 9.17) is 12.2 Å². The van der Waals surface area contributed by atoms with Crippen LogP contribution in [0.5, 0.6) is 0 Å². The molecule has 33 heavy (non-hydrogen) atoms. The van der Waals surface area contributed by atoms with Crippen LogP contribution in [-0.4, -0.2) is 29.3 Å². The summed E-state index contributed by atoms with van der Waals surface area (Å²) in [6.07, 6.45) is 7.19. The lowest BCUT2D eigenvalue weighted by atomic mass is 9.98. The monoisotopic (exact) mass is 483 g/mol. The maximum Gasteiger partial charge on any atom is 0.229 e. The molecule has 2 aromatic heterocycles. The third kappa shape index (κ3) is 4.89. The molecule has 0 bridgehead atoms. The van der Waals surface area contributed by atoms with Gasteiger partial charge in [-0.15, -0.1) is 0 Å². The zero-order valence-electron chi connectivity index (χ0n) is 19.4. The molecule has 0 spiro atoms. The molecule has 1 aliphatic heterocycles. The second kappa shape index (κ2) is 8.46. The number of hydrogen-bond donors (Lipinski definition) is 2. The lowest BCUT2D eigenvalue weighted by Gasteiger charge is -2.28. The number of aromatic nitrogens is 2. The number of hydrogen-bond acceptors (Lipinski definition) is 4. The molecule has 1 aromatic carbocycles. The molecule has 2 N–H and O–H groups in total. The Kier molecular flexibility index (Phi) is 5.96. The highest BCUT2D eigenvalue weighted by Gasteiger charge is 2.41. The molecule has 1 fully saturated rings. The van der Waals surface area contributed by atoms with Gasteiger partial charge in [-0.2, -0.15) is 0 Å². The second-order valence-electron chi connectivity index (χ2n) is 9.39. The fourth-order valence-corrected chi connectivity index (χ4v) is 5.06. The van der Waals surface area contributed by atoms with Gasteiger partial charge in [0.05, 0.1) is 29.7 Å². The molecule has 0 radical (unpaired) electrons. The van der Waals surface area contributed by atoms with Crippen molar-refractivity contribution < 1.29 is 8.42 Å². The number of thiocarbonyl (C=S) groups is 1. The molecule has 3 heterocycles. The van der Waals surface area contributed by atoms with E-state index in [1.807, 2.05) is 37.3 Å². The molecule has 2 atom stereocenters. The molecular weight excluding hydrogens is 454 g/mol. The average molecular weight is 484 g/mol. The van der Waals surface area contributed by atoms with Crippen molar-refractivity contribution in [3.05, 3.63) is 77.9 Å². The van der Waals surface area contributed by atoms with Crippen molar-refractivity contribution in [2.45, 2.75) is 45.3 Å². The summed E-state index contributed by atoms with van der Waals surface area (Å²) in [4.78, 5) is 6.69. The van der Waals surface area contributed by atoms with E-state index in [0.29, 0.717) is 10.8 Å². The van der Waals surface area contributed by atoms with Crippen LogP contribution in [0.3, 0.4) is 0 Å². The lowest BCUT2D eigenvalue weighted by Crippen LogP contribution is -2.29. The standard InChI is InChI=1S/C24H29N5O2S2/c1-16-14-18(9-10-19(16)27-33(5,30)31)29-22(17-11-13-28(15-17)24(2,3)4)21(26-23(29)32)20-8-6-7-12-25-20/h6-15,21-22,27H,1-5H3,(H,26,32)/t21-,22+/m1/s1. The number of nitrogens with one attached hydrogen (secondary N) is 2. The lowest BCUT2D eigenvalue weighted by molar-refractivity contribution is 0.397. The van der Waals surface area contributed by atoms with E-state index in [1.54, 1.807) is 12.3 Å². The summed E-state index contributed by atoms with van der Waals surface area (Å²) >= 11 is 5.79. The van der Waals surface area contributed by atoms with Crippen molar-refractivity contribution >= 4 is 38.7 Å². The number of sulfonamides is 1. The van der Waals surface area contributed by atoms with Gasteiger partial charge in [0, 0.05) is 29.8 Å². The van der Waals surface area contributed by atoms with E-state index < -0.39 is 10.0 Å². The predicted molar refractivity (Wildman–Crippen MR) is 137 cm³/mol. The van der Waals surface area contributed by atoms with Crippen molar-refractivity contribution in [1.82, 2.24) is 14.9 Å². The fourth-order valence-electron chi connectivity index (χ4n) is 4.09. The van der Waals surface area contributed by atoms with E-state index in [1.165, 1.54) is 0 Å². The van der Waals surface area contributed by atoms with Crippen LogP contribution in [0.15, 0.2) is 61.1 Å². The van der Waals surface area contributed by atoms with Crippen molar-refractivity contribution in [2.75, 3.05) is 15.9 Å². The Morgan fingerprint density at radius 2 is 1.91 bits per heavy atom. The van der Waals surface area contributed by atoms with Crippen LogP contribution >= 0.6 is 12.2 Å². The minimum Gasteiger partial charge on any atom is -0.351 e. The summed E-state index contributed by atoms with van der Waals surface area (Å²) in [5, 5.41) is 4.06. The summed E-state index contributed by atoms with van der Waals surface area (Å²) in [5.41, 5.74) is 4.22. The Labute approximate surface area is 200 Å². The summed E-state index contributed by atoms with van der Waals surface area (Å²) in [6, 6.07) is 13.4. The second-order valence-corrected chi connectivity index (χ2v) is 11.5. The molecular formula is C24H29N5O2S2. The first-order chi connectivity index (χ1) is 15.4. The maximum absolute atomic E-state index is 11.7. The highest BCUT2D eigenvalue weighted by Crippen LogP contribution is 2.42. The van der Waals surface area contributed by atoms with Gasteiger partial charge in [-0.3, -0.25) is 9.71 Å². The van der Waals surface area contributed by atoms with Gasteiger partial charge in [-0.1, -0.05) is 6.07 Å². The van der Waals surface area contributed by atoms with Gasteiger partial charge in [0.25, 0.3) is 0 Å². The van der Waals surface area contributed by atoms with Crippen LogP contribution in [0.4, 0.5) is 11.4 Å². The Morgan fingerprint density at radius 1 is 1.15 bits per heavy atom. The SMILES string of the molecule is Cc1cc(N2C(=S)N[C@H](c3ccccn3)[C@@H]2c2ccn(C(C)(C)C)c2)ccc1NS(C)(=O)=O. The number of anilines is 2. The van der Waals surface area contributed by atoms with Crippen molar-refractivity contribution in [1.29, 1.82) is 0 Å². The smallest absolute Gasteiger partial charge is 0.229 e. The Balaban J connectivity index is 1.79. The highest BCUT2D eigenvalue weighted by atomic mass is 32.2. The molecule has 0 unspecified atom stereocenters. The summed E-state index contributed by atoms with van der Waals surface area (Å²) in [6.45, 7) is 8.38. The van der Waals surface area contributed by atoms with E-state index >= 15 is 0 Å². The van der Waals surface area contributed by atoms with Gasteiger partial charge in [0.15, 0.2) is 5.11 Å². The van der Waals surface area contributed by atoms with E-state index in [9.17, 15) is 8.42 Å². The van der Waals surface area contributed by atoms with Crippen molar-refractivity contribution in [3.8, 4) is 0 Å². The summed E-state index contributed by atoms with van der Waals surface area (Å²) in [5.74, 6) is 0. The minimum atomic E-state index is -3.36. The minimum absolute atomic E-state index is 0.0499. The molecule has 9 heteroatoms. The first-order valence-electron chi connectivity index (χ1n) is 10.7. The van der Waals surface area contributed by atoms with Crippen molar-refractivity contribution in [2.24, 2.45) is 0 Å². The van der Waals surface area contributed by atoms with E-state index in [0.717, 1.165) is 28.8 Å². The van der Waals surface area contributed by atoms with Crippen LogP contribution in [0, 0.1) is 6.92 Å². The van der Waals surface area contributed by atoms with Gasteiger partial charge < -0.3 is 14.8 Å². The third-order valence-electron chi connectivity index (χ3n) is 5.71. The van der Waals surface area contributed by atoms with Crippen molar-refractivity contribution in [3.63, 3.8) is 0 Å². The molecule has 4 rings (SSSR count). The molecule has 7 nitrogen and oxygen atoms in total. The Morgan fingerprint density at radius 3 is 2.48 bits per heavy atom. The largest absolute Gasteiger partial charge is 0.351 e. The summed E-state index contributed by atoms with van der Waals surface area (Å²) in [7, 11) is -3.36. The number of benzene rings is 1. The normalized spacial score (nSPS) is 18.9. The van der Waals surface area contributed by atoms with Crippen LogP contribution in [0.1, 0.15) is 49.7 Å². The number of aryl methyl sites for hydroxylation is 1. The van der Waals surface area contributed by atoms with Crippen LogP contribution in [-0.2, 0) is 15.6 Å². The van der Waals surface area contributed by atoms with E-state index in [2.05, 4.69) is 63.7 Å². The van der Waals surface area contributed by atoms with Gasteiger partial charge in [0.1, 0.15) is 0 Å². The van der Waals surface area contributed by atoms with E-state index in [-0.39, 0.29) is 17.6 Å². The highest BCUT2D eigenvalue weighted by molar-refractivity contribution is 7.92. The molecule has 0 aliphatic carbocycles. The van der Waals surface area contributed by atoms with Gasteiger partial charge in [-0.05, 0) is 87.4 Å². The van der Waals surface area contributed by atoms with Gasteiger partial charge in [0.2, 0.25) is 10.0 Å². The molecule has 0 saturated carbocycles. The molecule has 3 aromatic rings. The fraction of sp³-hybridized carbons (Fsp3) is 0.333. The number of pyridine rings is 1. The Hall–Kier alpha value is -2.91. The average Bonchev–Trinajstić information content (AvgIpc) is 3.34. The van der Waals surface area contributed by atoms with Crippen LogP contribution in [0.25, 0.3) is 0 Å². The molecule has 1 aliphatic rings. The van der Waals surface area contributed by atoms with Gasteiger partial charge >= 0.3 is 0 Å². The predicted octanol–water partition coefficient (Wildman–Crippen LogP) is 4.50.